The van der Waals surface area contributed by atoms with Gasteiger partial charge in [-0.1, -0.05) is 229 Å². The summed E-state index contributed by atoms with van der Waals surface area (Å²) in [5, 5.41) is 23.7. The molecule has 0 spiro atoms. The Balaban J connectivity index is 4.56. The van der Waals surface area contributed by atoms with E-state index in [1.165, 1.54) is 135 Å². The van der Waals surface area contributed by atoms with Crippen LogP contribution in [0.3, 0.4) is 0 Å². The summed E-state index contributed by atoms with van der Waals surface area (Å²) in [5.41, 5.74) is 0. The van der Waals surface area contributed by atoms with Gasteiger partial charge in [-0.25, -0.2) is 0 Å². The molecule has 3 unspecified atom stereocenters. The Hall–Kier alpha value is -2.44. The molecule has 0 aromatic heterocycles. The number of esters is 1. The second-order valence-corrected chi connectivity index (χ2v) is 17.6. The molecule has 0 saturated heterocycles. The van der Waals surface area contributed by atoms with Gasteiger partial charge in [0.2, 0.25) is 5.91 Å². The molecule has 6 nitrogen and oxygen atoms in total. The van der Waals surface area contributed by atoms with Gasteiger partial charge in [0.15, 0.2) is 0 Å². The van der Waals surface area contributed by atoms with Gasteiger partial charge in [-0.3, -0.25) is 9.59 Å². The minimum atomic E-state index is -0.799. The van der Waals surface area contributed by atoms with Gasteiger partial charge in [-0.05, 0) is 70.6 Å². The standard InChI is InChI=1S/C55H99NO5/c1-4-7-10-13-16-19-22-24-25-26-27-28-29-31-33-36-39-42-45-48-55(60)61-51(46-43-40-37-34-32-30-23-20-17-14-11-8-5-2)49-54(59)56-52(50-57)53(58)47-44-41-38-35-21-18-15-12-9-6-3/h8,11,14,17,20,23-25,30,32,51-53,57-58H,4-7,9-10,12-13,15-16,18-19,21-22,26-29,31,33-50H2,1-3H3,(H,56,59)/b11-8+,17-14+,23-20+,25-24+,32-30-. The molecule has 1 amide bonds. The van der Waals surface area contributed by atoms with Crippen molar-refractivity contribution in [2.45, 2.75) is 270 Å². The van der Waals surface area contributed by atoms with E-state index in [0.717, 1.165) is 70.6 Å². The lowest BCUT2D eigenvalue weighted by Gasteiger charge is -2.24. The number of hydrogen-bond acceptors (Lipinski definition) is 5. The lowest BCUT2D eigenvalue weighted by Crippen LogP contribution is -2.46. The minimum Gasteiger partial charge on any atom is -0.462 e. The predicted molar refractivity (Wildman–Crippen MR) is 264 cm³/mol. The number of aliphatic hydroxyl groups is 2. The molecule has 0 radical (unpaired) electrons. The first-order chi connectivity index (χ1) is 30.0. The molecule has 3 N–H and O–H groups in total. The summed E-state index contributed by atoms with van der Waals surface area (Å²) in [6.45, 7) is 6.32. The Morgan fingerprint density at radius 1 is 0.492 bits per heavy atom. The molecule has 0 bridgehead atoms. The van der Waals surface area contributed by atoms with E-state index in [1.807, 2.05) is 24.3 Å². The van der Waals surface area contributed by atoms with Crippen molar-refractivity contribution in [3.8, 4) is 0 Å². The lowest BCUT2D eigenvalue weighted by atomic mass is 10.0. The summed E-state index contributed by atoms with van der Waals surface area (Å²) in [5.74, 6) is -0.514. The zero-order valence-electron chi connectivity index (χ0n) is 40.3. The molecular formula is C55H99NO5. The van der Waals surface area contributed by atoms with Crippen LogP contribution in [0.1, 0.15) is 252 Å². The van der Waals surface area contributed by atoms with Crippen LogP contribution in [0.4, 0.5) is 0 Å². The zero-order chi connectivity index (χ0) is 44.5. The fourth-order valence-corrected chi connectivity index (χ4v) is 7.73. The third kappa shape index (κ3) is 44.0. The van der Waals surface area contributed by atoms with Crippen LogP contribution in [0.2, 0.25) is 0 Å². The number of carbonyl (C=O) groups is 2. The first-order valence-corrected chi connectivity index (χ1v) is 26.1. The number of ether oxygens (including phenoxy) is 1. The Bertz CT molecular complexity index is 1090. The molecule has 0 heterocycles. The van der Waals surface area contributed by atoms with Crippen molar-refractivity contribution in [1.29, 1.82) is 0 Å². The summed E-state index contributed by atoms with van der Waals surface area (Å²) >= 11 is 0. The molecule has 3 atom stereocenters. The maximum absolute atomic E-state index is 13.2. The first-order valence-electron chi connectivity index (χ1n) is 26.1. The summed E-state index contributed by atoms with van der Waals surface area (Å²) in [4.78, 5) is 26.1. The van der Waals surface area contributed by atoms with E-state index >= 15 is 0 Å². The molecule has 0 fully saturated rings. The molecule has 61 heavy (non-hydrogen) atoms. The topological polar surface area (TPSA) is 95.9 Å². The van der Waals surface area contributed by atoms with Gasteiger partial charge < -0.3 is 20.3 Å². The maximum atomic E-state index is 13.2. The molecule has 0 aliphatic heterocycles. The van der Waals surface area contributed by atoms with E-state index < -0.39 is 18.2 Å². The molecule has 0 aromatic rings. The van der Waals surface area contributed by atoms with Gasteiger partial charge in [-0.2, -0.15) is 0 Å². The van der Waals surface area contributed by atoms with Crippen LogP contribution >= 0.6 is 0 Å². The van der Waals surface area contributed by atoms with Crippen molar-refractivity contribution in [3.63, 3.8) is 0 Å². The monoisotopic (exact) mass is 854 g/mol. The van der Waals surface area contributed by atoms with Crippen molar-refractivity contribution >= 4 is 11.9 Å². The normalized spacial score (nSPS) is 13.7. The van der Waals surface area contributed by atoms with Crippen LogP contribution in [-0.2, 0) is 14.3 Å². The Morgan fingerprint density at radius 2 is 0.902 bits per heavy atom. The van der Waals surface area contributed by atoms with Crippen LogP contribution in [0.5, 0.6) is 0 Å². The van der Waals surface area contributed by atoms with E-state index in [9.17, 15) is 19.8 Å². The van der Waals surface area contributed by atoms with E-state index in [4.69, 9.17) is 4.74 Å². The highest BCUT2D eigenvalue weighted by molar-refractivity contribution is 5.77. The van der Waals surface area contributed by atoms with Crippen molar-refractivity contribution in [1.82, 2.24) is 5.32 Å². The molecule has 6 heteroatoms. The van der Waals surface area contributed by atoms with Gasteiger partial charge in [-0.15, -0.1) is 0 Å². The van der Waals surface area contributed by atoms with Crippen molar-refractivity contribution in [2.24, 2.45) is 0 Å². The third-order valence-corrected chi connectivity index (χ3v) is 11.7. The van der Waals surface area contributed by atoms with Gasteiger partial charge in [0, 0.05) is 6.42 Å². The summed E-state index contributed by atoms with van der Waals surface area (Å²) in [7, 11) is 0. The highest BCUT2D eigenvalue weighted by atomic mass is 16.5. The molecule has 0 rings (SSSR count). The number of amides is 1. The van der Waals surface area contributed by atoms with Crippen molar-refractivity contribution < 1.29 is 24.5 Å². The van der Waals surface area contributed by atoms with Crippen molar-refractivity contribution in [2.75, 3.05) is 6.61 Å². The van der Waals surface area contributed by atoms with Crippen molar-refractivity contribution in [3.05, 3.63) is 60.8 Å². The largest absolute Gasteiger partial charge is 0.462 e. The Labute approximate surface area is 378 Å². The van der Waals surface area contributed by atoms with Gasteiger partial charge in [0.1, 0.15) is 6.10 Å². The predicted octanol–water partition coefficient (Wildman–Crippen LogP) is 15.6. The smallest absolute Gasteiger partial charge is 0.306 e. The van der Waals surface area contributed by atoms with Gasteiger partial charge in [0.05, 0.1) is 25.2 Å². The van der Waals surface area contributed by atoms with Gasteiger partial charge >= 0.3 is 5.97 Å². The zero-order valence-corrected chi connectivity index (χ0v) is 40.3. The average molecular weight is 854 g/mol. The summed E-state index contributed by atoms with van der Waals surface area (Å²) in [6.07, 6.45) is 60.0. The SMILES string of the molecule is CC/C=C/C=C/C=C/C=C\CCCCCC(CC(=O)NC(CO)C(O)CCCCCCCCCCCC)OC(=O)CCCCCCCCCCC/C=C/CCCCCCCC. The number of carbonyl (C=O) groups excluding carboxylic acids is 2. The van der Waals surface area contributed by atoms with E-state index in [-0.39, 0.29) is 24.9 Å². The molecule has 0 aliphatic carbocycles. The second-order valence-electron chi connectivity index (χ2n) is 17.6. The minimum absolute atomic E-state index is 0.0500. The molecular weight excluding hydrogens is 755 g/mol. The summed E-state index contributed by atoms with van der Waals surface area (Å²) < 4.78 is 5.92. The fraction of sp³-hybridized carbons (Fsp3) is 0.782. The number of rotatable bonds is 46. The molecule has 0 aromatic carbocycles. The Morgan fingerprint density at radius 3 is 1.41 bits per heavy atom. The fourth-order valence-electron chi connectivity index (χ4n) is 7.73. The number of aliphatic hydroxyl groups excluding tert-OH is 2. The quantitative estimate of drug-likeness (QED) is 0.0245. The third-order valence-electron chi connectivity index (χ3n) is 11.7. The highest BCUT2D eigenvalue weighted by Crippen LogP contribution is 2.17. The van der Waals surface area contributed by atoms with Crippen LogP contribution < -0.4 is 5.32 Å². The maximum Gasteiger partial charge on any atom is 0.306 e. The number of hydrogen-bond donors (Lipinski definition) is 3. The molecule has 0 saturated carbocycles. The number of unbranched alkanes of at least 4 members (excludes halogenated alkanes) is 27. The van der Waals surface area contributed by atoms with Crippen LogP contribution in [0, 0.1) is 0 Å². The second kappa shape index (κ2) is 48.6. The Kier molecular flexibility index (Phi) is 46.6. The average Bonchev–Trinajstić information content (AvgIpc) is 3.25. The van der Waals surface area contributed by atoms with Crippen LogP contribution in [-0.4, -0.2) is 46.9 Å². The van der Waals surface area contributed by atoms with Crippen LogP contribution in [0.25, 0.3) is 0 Å². The summed E-state index contributed by atoms with van der Waals surface area (Å²) in [6, 6.07) is -0.715. The highest BCUT2D eigenvalue weighted by Gasteiger charge is 2.24. The molecule has 354 valence electrons. The first kappa shape index (κ1) is 58.6. The lowest BCUT2D eigenvalue weighted by molar-refractivity contribution is -0.151. The van der Waals surface area contributed by atoms with E-state index in [1.54, 1.807) is 0 Å². The number of allylic oxidation sites excluding steroid dienone is 10. The van der Waals surface area contributed by atoms with Gasteiger partial charge in [0.25, 0.3) is 0 Å². The number of nitrogens with one attached hydrogen (secondary N) is 1. The van der Waals surface area contributed by atoms with E-state index in [2.05, 4.69) is 62.5 Å². The van der Waals surface area contributed by atoms with E-state index in [0.29, 0.717) is 19.3 Å². The van der Waals surface area contributed by atoms with Crippen LogP contribution in [0.15, 0.2) is 60.8 Å². The molecule has 0 aliphatic rings.